The highest BCUT2D eigenvalue weighted by atomic mass is 16.5. The summed E-state index contributed by atoms with van der Waals surface area (Å²) >= 11 is 0. The number of nitrogens with zero attached hydrogens (tertiary/aromatic N) is 1. The monoisotopic (exact) mass is 266 g/mol. The zero-order chi connectivity index (χ0) is 14.3. The largest absolute Gasteiger partial charge is 0.379 e. The van der Waals surface area contributed by atoms with Gasteiger partial charge in [0.25, 0.3) is 5.91 Å². The molecule has 0 radical (unpaired) electrons. The highest BCUT2D eigenvalue weighted by Gasteiger charge is 2.07. The van der Waals surface area contributed by atoms with Crippen molar-refractivity contribution in [2.24, 2.45) is 11.8 Å². The third-order valence-electron chi connectivity index (χ3n) is 2.35. The molecular formula is C13H22N4O2. The number of ether oxygens (including phenoxy) is 1. The molecular weight excluding hydrogens is 244 g/mol. The van der Waals surface area contributed by atoms with Crippen LogP contribution in [0.15, 0.2) is 12.1 Å². The molecule has 1 aromatic rings. The van der Waals surface area contributed by atoms with Gasteiger partial charge in [0.1, 0.15) is 5.82 Å². The maximum Gasteiger partial charge on any atom is 0.251 e. The molecule has 0 aliphatic heterocycles. The van der Waals surface area contributed by atoms with E-state index in [1.165, 1.54) is 0 Å². The second-order valence-corrected chi connectivity index (χ2v) is 4.75. The van der Waals surface area contributed by atoms with Crippen molar-refractivity contribution >= 4 is 11.7 Å². The number of pyridine rings is 1. The third kappa shape index (κ3) is 5.67. The number of amides is 1. The van der Waals surface area contributed by atoms with Crippen molar-refractivity contribution in [1.29, 1.82) is 0 Å². The number of hydrogen-bond donors (Lipinski definition) is 3. The zero-order valence-electron chi connectivity index (χ0n) is 11.7. The maximum absolute atomic E-state index is 11.9. The highest BCUT2D eigenvalue weighted by molar-refractivity contribution is 5.94. The number of carbonyl (C=O) groups is 1. The Morgan fingerprint density at radius 3 is 2.84 bits per heavy atom. The molecule has 6 nitrogen and oxygen atoms in total. The van der Waals surface area contributed by atoms with E-state index in [4.69, 9.17) is 10.6 Å². The van der Waals surface area contributed by atoms with Gasteiger partial charge in [0, 0.05) is 24.4 Å². The molecule has 106 valence electrons. The van der Waals surface area contributed by atoms with Crippen LogP contribution in [0, 0.1) is 12.8 Å². The van der Waals surface area contributed by atoms with E-state index >= 15 is 0 Å². The summed E-state index contributed by atoms with van der Waals surface area (Å²) < 4.78 is 5.39. The summed E-state index contributed by atoms with van der Waals surface area (Å²) in [5, 5.41) is 2.79. The van der Waals surface area contributed by atoms with Crippen LogP contribution in [0.4, 0.5) is 5.82 Å². The number of hydrogen-bond acceptors (Lipinski definition) is 5. The Morgan fingerprint density at radius 2 is 2.21 bits per heavy atom. The van der Waals surface area contributed by atoms with E-state index in [-0.39, 0.29) is 5.91 Å². The lowest BCUT2D eigenvalue weighted by atomic mass is 10.2. The van der Waals surface area contributed by atoms with Crippen molar-refractivity contribution in [2.75, 3.05) is 25.2 Å². The molecule has 0 spiro atoms. The summed E-state index contributed by atoms with van der Waals surface area (Å²) in [6, 6.07) is 3.32. The van der Waals surface area contributed by atoms with Gasteiger partial charge in [-0.2, -0.15) is 0 Å². The lowest BCUT2D eigenvalue weighted by Crippen LogP contribution is -2.28. The van der Waals surface area contributed by atoms with Crippen molar-refractivity contribution in [1.82, 2.24) is 10.3 Å². The van der Waals surface area contributed by atoms with Gasteiger partial charge in [0.2, 0.25) is 0 Å². The minimum Gasteiger partial charge on any atom is -0.379 e. The lowest BCUT2D eigenvalue weighted by Gasteiger charge is -2.09. The van der Waals surface area contributed by atoms with Crippen LogP contribution in [-0.4, -0.2) is 30.6 Å². The molecule has 1 amide bonds. The van der Waals surface area contributed by atoms with E-state index in [9.17, 15) is 4.79 Å². The van der Waals surface area contributed by atoms with Gasteiger partial charge in [0.05, 0.1) is 6.61 Å². The van der Waals surface area contributed by atoms with Gasteiger partial charge in [-0.25, -0.2) is 10.8 Å². The standard InChI is InChI=1S/C13H22N4O2/c1-9(2)8-19-5-4-15-13(18)11-6-10(3)16-12(7-11)17-14/h6-7,9H,4-5,8,14H2,1-3H3,(H,15,18)(H,16,17). The number of carbonyl (C=O) groups excluding carboxylic acids is 1. The summed E-state index contributed by atoms with van der Waals surface area (Å²) in [5.74, 6) is 6.10. The smallest absolute Gasteiger partial charge is 0.251 e. The first-order valence-corrected chi connectivity index (χ1v) is 6.34. The number of aryl methyl sites for hydroxylation is 1. The van der Waals surface area contributed by atoms with E-state index < -0.39 is 0 Å². The second-order valence-electron chi connectivity index (χ2n) is 4.75. The lowest BCUT2D eigenvalue weighted by molar-refractivity contribution is 0.0886. The van der Waals surface area contributed by atoms with Gasteiger partial charge in [-0.1, -0.05) is 13.8 Å². The highest BCUT2D eigenvalue weighted by Crippen LogP contribution is 2.08. The first kappa shape index (κ1) is 15.4. The first-order valence-electron chi connectivity index (χ1n) is 6.34. The van der Waals surface area contributed by atoms with Crippen molar-refractivity contribution < 1.29 is 9.53 Å². The van der Waals surface area contributed by atoms with E-state index in [2.05, 4.69) is 29.6 Å². The van der Waals surface area contributed by atoms with E-state index in [1.807, 2.05) is 6.92 Å². The molecule has 0 aliphatic rings. The average molecular weight is 266 g/mol. The molecule has 0 saturated carbocycles. The summed E-state index contributed by atoms with van der Waals surface area (Å²) in [5.41, 5.74) is 3.70. The maximum atomic E-state index is 11.9. The molecule has 0 bridgehead atoms. The number of anilines is 1. The SMILES string of the molecule is Cc1cc(C(=O)NCCOCC(C)C)cc(NN)n1. The molecule has 0 fully saturated rings. The van der Waals surface area contributed by atoms with E-state index in [0.717, 1.165) is 5.69 Å². The van der Waals surface area contributed by atoms with Gasteiger partial charge >= 0.3 is 0 Å². The van der Waals surface area contributed by atoms with Crippen molar-refractivity contribution in [3.8, 4) is 0 Å². The summed E-state index contributed by atoms with van der Waals surface area (Å²) in [7, 11) is 0. The van der Waals surface area contributed by atoms with Crippen molar-refractivity contribution in [3.05, 3.63) is 23.4 Å². The number of nitrogen functional groups attached to an aromatic ring is 1. The van der Waals surface area contributed by atoms with Gasteiger partial charge < -0.3 is 15.5 Å². The van der Waals surface area contributed by atoms with Crippen LogP contribution >= 0.6 is 0 Å². The quantitative estimate of drug-likeness (QED) is 0.390. The molecule has 1 heterocycles. The first-order chi connectivity index (χ1) is 9.02. The van der Waals surface area contributed by atoms with Crippen LogP contribution < -0.4 is 16.6 Å². The molecule has 19 heavy (non-hydrogen) atoms. The van der Waals surface area contributed by atoms with E-state index in [0.29, 0.717) is 37.1 Å². The molecule has 4 N–H and O–H groups in total. The molecule has 0 aliphatic carbocycles. The fourth-order valence-electron chi connectivity index (χ4n) is 1.53. The van der Waals surface area contributed by atoms with Gasteiger partial charge in [0.15, 0.2) is 0 Å². The predicted octanol–water partition coefficient (Wildman–Crippen LogP) is 1.08. The van der Waals surface area contributed by atoms with Gasteiger partial charge in [-0.3, -0.25) is 4.79 Å². The molecule has 0 saturated heterocycles. The summed E-state index contributed by atoms with van der Waals surface area (Å²) in [6.07, 6.45) is 0. The molecule has 0 aromatic carbocycles. The Labute approximate surface area is 113 Å². The van der Waals surface area contributed by atoms with Crippen LogP contribution in [0.1, 0.15) is 29.9 Å². The minimum absolute atomic E-state index is 0.157. The summed E-state index contributed by atoms with van der Waals surface area (Å²) in [6.45, 7) is 7.67. The molecule has 0 atom stereocenters. The Kier molecular flexibility index (Phi) is 6.24. The molecule has 1 aromatic heterocycles. The normalized spacial score (nSPS) is 10.6. The Hall–Kier alpha value is -1.66. The minimum atomic E-state index is -0.157. The number of aromatic nitrogens is 1. The number of nitrogens with two attached hydrogens (primary N) is 1. The number of hydrazine groups is 1. The fraction of sp³-hybridized carbons (Fsp3) is 0.538. The van der Waals surface area contributed by atoms with Crippen LogP contribution in [-0.2, 0) is 4.74 Å². The predicted molar refractivity (Wildman–Crippen MR) is 74.8 cm³/mol. The molecule has 6 heteroatoms. The fourth-order valence-corrected chi connectivity index (χ4v) is 1.53. The topological polar surface area (TPSA) is 89.3 Å². The average Bonchev–Trinajstić information content (AvgIpc) is 2.36. The van der Waals surface area contributed by atoms with Crippen molar-refractivity contribution in [2.45, 2.75) is 20.8 Å². The van der Waals surface area contributed by atoms with Crippen molar-refractivity contribution in [3.63, 3.8) is 0 Å². The van der Waals surface area contributed by atoms with Crippen LogP contribution in [0.3, 0.4) is 0 Å². The Morgan fingerprint density at radius 1 is 1.47 bits per heavy atom. The number of rotatable bonds is 7. The van der Waals surface area contributed by atoms with Gasteiger partial charge in [-0.05, 0) is 25.0 Å². The van der Waals surface area contributed by atoms with Gasteiger partial charge in [-0.15, -0.1) is 0 Å². The van der Waals surface area contributed by atoms with Crippen LogP contribution in [0.2, 0.25) is 0 Å². The second kappa shape index (κ2) is 7.70. The Bertz CT molecular complexity index is 421. The van der Waals surface area contributed by atoms with Crippen LogP contribution in [0.25, 0.3) is 0 Å². The summed E-state index contributed by atoms with van der Waals surface area (Å²) in [4.78, 5) is 16.0. The molecule has 0 unspecified atom stereocenters. The number of nitrogens with one attached hydrogen (secondary N) is 2. The van der Waals surface area contributed by atoms with E-state index in [1.54, 1.807) is 12.1 Å². The Balaban J connectivity index is 2.43. The zero-order valence-corrected chi connectivity index (χ0v) is 11.7. The molecule has 1 rings (SSSR count). The third-order valence-corrected chi connectivity index (χ3v) is 2.35. The van der Waals surface area contributed by atoms with Crippen LogP contribution in [0.5, 0.6) is 0 Å².